The lowest BCUT2D eigenvalue weighted by molar-refractivity contribution is 0.0666. The Morgan fingerprint density at radius 3 is 2.70 bits per heavy atom. The number of rotatable bonds is 5. The van der Waals surface area contributed by atoms with Gasteiger partial charge in [-0.25, -0.2) is 4.98 Å². The summed E-state index contributed by atoms with van der Waals surface area (Å²) in [5, 5.41) is 0.381. The first-order valence-electron chi connectivity index (χ1n) is 7.51. The van der Waals surface area contributed by atoms with Gasteiger partial charge >= 0.3 is 0 Å². The minimum Gasteiger partial charge on any atom is -0.334 e. The molecule has 1 fully saturated rings. The number of hydrogen-bond acceptors (Lipinski definition) is 2. The second-order valence-electron chi connectivity index (χ2n) is 5.96. The van der Waals surface area contributed by atoms with Crippen molar-refractivity contribution in [3.63, 3.8) is 0 Å². The number of nitrogens with zero attached hydrogens (tertiary/aromatic N) is 2. The smallest absolute Gasteiger partial charge is 0.272 e. The molecule has 1 heterocycles. The number of halogens is 1. The molecule has 0 radical (unpaired) electrons. The maximum absolute atomic E-state index is 12.7. The molecule has 0 aromatic carbocycles. The number of hydrogen-bond donors (Lipinski definition) is 0. The lowest BCUT2D eigenvalue weighted by Crippen LogP contribution is -2.40. The summed E-state index contributed by atoms with van der Waals surface area (Å²) in [6, 6.07) is 5.62. The Hall–Kier alpha value is -1.09. The molecule has 0 N–H and O–H groups in total. The molecular weight excluding hydrogens is 272 g/mol. The highest BCUT2D eigenvalue weighted by Crippen LogP contribution is 2.25. The van der Waals surface area contributed by atoms with Crippen molar-refractivity contribution in [1.82, 2.24) is 9.88 Å². The molecule has 0 spiro atoms. The fourth-order valence-corrected chi connectivity index (χ4v) is 2.90. The fourth-order valence-electron chi connectivity index (χ4n) is 2.74. The van der Waals surface area contributed by atoms with Gasteiger partial charge in [-0.1, -0.05) is 44.4 Å². The topological polar surface area (TPSA) is 33.2 Å². The van der Waals surface area contributed by atoms with Crippen LogP contribution in [0.3, 0.4) is 0 Å². The Labute approximate surface area is 126 Å². The lowest BCUT2D eigenvalue weighted by Gasteiger charge is -2.29. The van der Waals surface area contributed by atoms with E-state index in [-0.39, 0.29) is 5.91 Å². The molecule has 1 aliphatic rings. The van der Waals surface area contributed by atoms with Gasteiger partial charge in [-0.3, -0.25) is 4.79 Å². The van der Waals surface area contributed by atoms with Gasteiger partial charge in [0, 0.05) is 12.6 Å². The molecule has 3 nitrogen and oxygen atoms in total. The van der Waals surface area contributed by atoms with E-state index < -0.39 is 0 Å². The standard InChI is InChI=1S/C16H23ClN2O/c1-12(2)10-11-19(13-6-3-4-7-13)16(20)14-8-5-9-15(17)18-14/h5,8-9,12-13H,3-4,6-7,10-11H2,1-2H3. The Kier molecular flexibility index (Phi) is 5.41. The SMILES string of the molecule is CC(C)CCN(C(=O)c1cccc(Cl)n1)C1CCCC1. The van der Waals surface area contributed by atoms with Crippen molar-refractivity contribution < 1.29 is 4.79 Å². The van der Waals surface area contributed by atoms with E-state index >= 15 is 0 Å². The van der Waals surface area contributed by atoms with E-state index in [2.05, 4.69) is 18.8 Å². The summed E-state index contributed by atoms with van der Waals surface area (Å²) >= 11 is 5.90. The van der Waals surface area contributed by atoms with Crippen molar-refractivity contribution in [2.24, 2.45) is 5.92 Å². The van der Waals surface area contributed by atoms with Crippen LogP contribution in [0.25, 0.3) is 0 Å². The zero-order valence-electron chi connectivity index (χ0n) is 12.3. The molecule has 110 valence electrons. The minimum absolute atomic E-state index is 0.0278. The van der Waals surface area contributed by atoms with E-state index in [1.54, 1.807) is 18.2 Å². The van der Waals surface area contributed by atoms with Gasteiger partial charge in [0.2, 0.25) is 0 Å². The lowest BCUT2D eigenvalue weighted by atomic mass is 10.1. The van der Waals surface area contributed by atoms with Crippen LogP contribution in [-0.2, 0) is 0 Å². The van der Waals surface area contributed by atoms with Crippen LogP contribution in [0, 0.1) is 5.92 Å². The minimum atomic E-state index is 0.0278. The molecule has 0 bridgehead atoms. The van der Waals surface area contributed by atoms with Crippen molar-refractivity contribution in [3.8, 4) is 0 Å². The van der Waals surface area contributed by atoms with Crippen molar-refractivity contribution in [3.05, 3.63) is 29.0 Å². The molecule has 1 amide bonds. The first-order chi connectivity index (χ1) is 9.58. The molecule has 1 aromatic rings. The summed E-state index contributed by atoms with van der Waals surface area (Å²) in [5.41, 5.74) is 0.466. The first-order valence-corrected chi connectivity index (χ1v) is 7.89. The number of carbonyl (C=O) groups excluding carboxylic acids is 1. The number of aromatic nitrogens is 1. The van der Waals surface area contributed by atoms with Crippen LogP contribution in [0.4, 0.5) is 0 Å². The molecule has 0 aliphatic heterocycles. The van der Waals surface area contributed by atoms with E-state index in [1.165, 1.54) is 12.8 Å². The van der Waals surface area contributed by atoms with Crippen LogP contribution < -0.4 is 0 Å². The molecule has 1 aliphatic carbocycles. The van der Waals surface area contributed by atoms with Gasteiger partial charge in [0.25, 0.3) is 5.91 Å². The number of amides is 1. The summed E-state index contributed by atoms with van der Waals surface area (Å²) in [6.07, 6.45) is 5.70. The van der Waals surface area contributed by atoms with E-state index in [0.717, 1.165) is 25.8 Å². The number of pyridine rings is 1. The van der Waals surface area contributed by atoms with E-state index in [0.29, 0.717) is 22.8 Å². The van der Waals surface area contributed by atoms with Crippen LogP contribution >= 0.6 is 11.6 Å². The molecule has 1 aromatic heterocycles. The molecule has 4 heteroatoms. The van der Waals surface area contributed by atoms with Crippen LogP contribution in [0.15, 0.2) is 18.2 Å². The normalized spacial score (nSPS) is 15.8. The van der Waals surface area contributed by atoms with Crippen LogP contribution in [-0.4, -0.2) is 28.4 Å². The van der Waals surface area contributed by atoms with Crippen LogP contribution in [0.1, 0.15) is 56.4 Å². The second kappa shape index (κ2) is 7.07. The Morgan fingerprint density at radius 1 is 1.40 bits per heavy atom. The molecular formula is C16H23ClN2O. The molecule has 0 atom stereocenters. The van der Waals surface area contributed by atoms with Gasteiger partial charge < -0.3 is 4.90 Å². The van der Waals surface area contributed by atoms with Crippen molar-refractivity contribution in [2.45, 2.75) is 52.0 Å². The predicted molar refractivity (Wildman–Crippen MR) is 82.0 cm³/mol. The zero-order chi connectivity index (χ0) is 14.5. The predicted octanol–water partition coefficient (Wildman–Crippen LogP) is 4.17. The third-order valence-corrected chi connectivity index (χ3v) is 4.12. The monoisotopic (exact) mass is 294 g/mol. The fraction of sp³-hybridized carbons (Fsp3) is 0.625. The average Bonchev–Trinajstić information content (AvgIpc) is 2.92. The van der Waals surface area contributed by atoms with E-state index in [4.69, 9.17) is 11.6 Å². The van der Waals surface area contributed by atoms with Crippen LogP contribution in [0.2, 0.25) is 5.15 Å². The Morgan fingerprint density at radius 2 is 2.10 bits per heavy atom. The Bertz CT molecular complexity index is 456. The Balaban J connectivity index is 2.14. The van der Waals surface area contributed by atoms with Gasteiger partial charge in [0.05, 0.1) is 0 Å². The third kappa shape index (κ3) is 3.95. The highest BCUT2D eigenvalue weighted by atomic mass is 35.5. The molecule has 20 heavy (non-hydrogen) atoms. The quantitative estimate of drug-likeness (QED) is 0.764. The molecule has 1 saturated carbocycles. The second-order valence-corrected chi connectivity index (χ2v) is 6.35. The zero-order valence-corrected chi connectivity index (χ0v) is 13.1. The van der Waals surface area contributed by atoms with Crippen molar-refractivity contribution >= 4 is 17.5 Å². The maximum atomic E-state index is 12.7. The number of carbonyl (C=O) groups is 1. The summed E-state index contributed by atoms with van der Waals surface area (Å²) in [7, 11) is 0. The van der Waals surface area contributed by atoms with Gasteiger partial charge in [0.1, 0.15) is 10.8 Å². The van der Waals surface area contributed by atoms with E-state index in [1.807, 2.05) is 4.90 Å². The molecule has 2 rings (SSSR count). The molecule has 0 unspecified atom stereocenters. The average molecular weight is 295 g/mol. The van der Waals surface area contributed by atoms with Gasteiger partial charge in [-0.05, 0) is 37.3 Å². The highest BCUT2D eigenvalue weighted by Gasteiger charge is 2.28. The van der Waals surface area contributed by atoms with Crippen molar-refractivity contribution in [2.75, 3.05) is 6.54 Å². The first kappa shape index (κ1) is 15.3. The summed E-state index contributed by atoms with van der Waals surface area (Å²) in [5.74, 6) is 0.624. The van der Waals surface area contributed by atoms with Crippen molar-refractivity contribution in [1.29, 1.82) is 0 Å². The van der Waals surface area contributed by atoms with E-state index in [9.17, 15) is 4.79 Å². The van der Waals surface area contributed by atoms with Gasteiger partial charge in [-0.15, -0.1) is 0 Å². The summed E-state index contributed by atoms with van der Waals surface area (Å²) in [4.78, 5) is 18.9. The summed E-state index contributed by atoms with van der Waals surface area (Å²) < 4.78 is 0. The maximum Gasteiger partial charge on any atom is 0.272 e. The highest BCUT2D eigenvalue weighted by molar-refractivity contribution is 6.29. The van der Waals surface area contributed by atoms with Crippen LogP contribution in [0.5, 0.6) is 0 Å². The van der Waals surface area contributed by atoms with Gasteiger partial charge in [-0.2, -0.15) is 0 Å². The summed E-state index contributed by atoms with van der Waals surface area (Å²) in [6.45, 7) is 5.19. The molecule has 0 saturated heterocycles. The van der Waals surface area contributed by atoms with Gasteiger partial charge in [0.15, 0.2) is 0 Å². The largest absolute Gasteiger partial charge is 0.334 e. The third-order valence-electron chi connectivity index (χ3n) is 3.91.